The van der Waals surface area contributed by atoms with Crippen molar-refractivity contribution in [2.45, 2.75) is 90.7 Å². The summed E-state index contributed by atoms with van der Waals surface area (Å²) in [4.78, 5) is 46.0. The van der Waals surface area contributed by atoms with Gasteiger partial charge in [-0.3, -0.25) is 4.79 Å². The van der Waals surface area contributed by atoms with Crippen LogP contribution in [0.15, 0.2) is 41.6 Å². The van der Waals surface area contributed by atoms with E-state index in [9.17, 15) is 14.4 Å². The Morgan fingerprint density at radius 3 is 2.33 bits per heavy atom. The van der Waals surface area contributed by atoms with Gasteiger partial charge in [0, 0.05) is 24.7 Å². The van der Waals surface area contributed by atoms with Crippen molar-refractivity contribution in [1.29, 1.82) is 0 Å². The molecule has 0 radical (unpaired) electrons. The smallest absolute Gasteiger partial charge is 0.432 e. The fourth-order valence-corrected chi connectivity index (χ4v) is 4.72. The molecule has 3 amide bonds. The number of nitrogens with one attached hydrogen (secondary N) is 2. The number of carbonyl (C=O) groups is 3. The molecule has 1 saturated heterocycles. The number of ether oxygens (including phenoxy) is 2. The zero-order chi connectivity index (χ0) is 32.9. The molecule has 2 aromatic carbocycles. The molecular weight excluding hydrogens is 583 g/mol. The van der Waals surface area contributed by atoms with E-state index in [0.717, 1.165) is 24.5 Å². The first-order valence-corrected chi connectivity index (χ1v) is 15.0. The van der Waals surface area contributed by atoms with Gasteiger partial charge >= 0.3 is 12.2 Å². The highest BCUT2D eigenvalue weighted by Gasteiger charge is 2.35. The summed E-state index contributed by atoms with van der Waals surface area (Å²) in [5.74, 6) is 4.22. The zero-order valence-electron chi connectivity index (χ0n) is 26.7. The highest BCUT2D eigenvalue weighted by molar-refractivity contribution is 6.10. The second-order valence-corrected chi connectivity index (χ2v) is 13.2. The molecule has 12 nitrogen and oxygen atoms in total. The molecule has 2 fully saturated rings. The number of benzene rings is 2. The third kappa shape index (κ3) is 9.55. The number of alkyl carbamates (subject to hydrolysis) is 1. The summed E-state index contributed by atoms with van der Waals surface area (Å²) in [6, 6.07) is 10.2. The maximum atomic E-state index is 16.2. The topological polar surface area (TPSA) is 148 Å². The Labute approximate surface area is 263 Å². The number of oxime groups is 1. The number of rotatable bonds is 9. The number of hydrogen-bond acceptors (Lipinski definition) is 10. The highest BCUT2D eigenvalue weighted by Crippen LogP contribution is 2.38. The lowest BCUT2D eigenvalue weighted by Gasteiger charge is -2.27. The summed E-state index contributed by atoms with van der Waals surface area (Å²) < 4.78 is 26.8. The molecule has 45 heavy (non-hydrogen) atoms. The summed E-state index contributed by atoms with van der Waals surface area (Å²) in [7, 11) is 0. The van der Waals surface area contributed by atoms with Gasteiger partial charge in [-0.1, -0.05) is 35.5 Å². The minimum absolute atomic E-state index is 0.0279. The number of nitrogens with zero attached hydrogens (tertiary/aromatic N) is 3. The molecule has 244 valence electrons. The van der Waals surface area contributed by atoms with Crippen LogP contribution >= 0.6 is 0 Å². The van der Waals surface area contributed by atoms with E-state index in [2.05, 4.69) is 15.8 Å². The minimum Gasteiger partial charge on any atom is -0.444 e. The van der Waals surface area contributed by atoms with Crippen LogP contribution in [0.3, 0.4) is 0 Å². The van der Waals surface area contributed by atoms with E-state index in [4.69, 9.17) is 20.2 Å². The Morgan fingerprint density at radius 2 is 1.71 bits per heavy atom. The van der Waals surface area contributed by atoms with Crippen LogP contribution in [0.5, 0.6) is 0 Å². The number of hydrazine groups is 1. The molecule has 0 spiro atoms. The second kappa shape index (κ2) is 13.7. The molecule has 4 N–H and O–H groups in total. The quantitative estimate of drug-likeness (QED) is 0.146. The summed E-state index contributed by atoms with van der Waals surface area (Å²) in [5.41, 5.74) is -0.192. The Morgan fingerprint density at radius 1 is 1.04 bits per heavy atom. The van der Waals surface area contributed by atoms with Gasteiger partial charge in [-0.2, -0.15) is 5.01 Å². The fourth-order valence-electron chi connectivity index (χ4n) is 4.72. The van der Waals surface area contributed by atoms with Crippen LogP contribution in [0.2, 0.25) is 0 Å². The number of carbonyl (C=O) groups excluding carboxylic acids is 3. The van der Waals surface area contributed by atoms with Gasteiger partial charge < -0.3 is 29.8 Å². The van der Waals surface area contributed by atoms with E-state index < -0.39 is 35.1 Å². The molecule has 1 atom stereocenters. The Kier molecular flexibility index (Phi) is 10.2. The molecule has 1 heterocycles. The van der Waals surface area contributed by atoms with Gasteiger partial charge in [-0.15, -0.1) is 0 Å². The summed E-state index contributed by atoms with van der Waals surface area (Å²) in [6.45, 7) is 11.1. The van der Waals surface area contributed by atoms with Gasteiger partial charge in [0.1, 0.15) is 23.6 Å². The van der Waals surface area contributed by atoms with Crippen LogP contribution in [-0.2, 0) is 20.9 Å². The first-order chi connectivity index (χ1) is 21.1. The SMILES string of the molecule is CC(C)(C)OC(=O)NC1CCN(c2c(F)cc(C(=O)N(N)C(=O)OC(C)(C)C)c(NC3CC3)c2/C=N/OCc2ccccc2)C1. The van der Waals surface area contributed by atoms with Crippen molar-refractivity contribution in [2.24, 2.45) is 11.0 Å². The second-order valence-electron chi connectivity index (χ2n) is 13.2. The Bertz CT molecular complexity index is 1420. The van der Waals surface area contributed by atoms with Crippen molar-refractivity contribution in [2.75, 3.05) is 23.3 Å². The highest BCUT2D eigenvalue weighted by atomic mass is 19.1. The number of anilines is 2. The van der Waals surface area contributed by atoms with E-state index in [1.807, 2.05) is 30.3 Å². The standard InChI is InChI=1S/C32H43FN6O6/c1-31(2,3)44-29(41)37-22-14-15-38(18-22)27-24(17-35-43-19-20-10-8-7-9-11-20)26(36-21-12-13-21)23(16-25(27)33)28(40)39(34)30(42)45-32(4,5)6/h7-11,16-17,21-22,36H,12-15,18-19,34H2,1-6H3,(H,37,41)/b35-17+. The van der Waals surface area contributed by atoms with Gasteiger partial charge in [0.25, 0.3) is 5.91 Å². The molecule has 13 heteroatoms. The molecule has 0 aromatic heterocycles. The maximum absolute atomic E-state index is 16.2. The van der Waals surface area contributed by atoms with Crippen LogP contribution < -0.4 is 21.4 Å². The van der Waals surface area contributed by atoms with E-state index in [0.29, 0.717) is 18.0 Å². The van der Waals surface area contributed by atoms with Crippen molar-refractivity contribution in [3.05, 3.63) is 58.9 Å². The van der Waals surface area contributed by atoms with E-state index >= 15 is 4.39 Å². The van der Waals surface area contributed by atoms with Crippen LogP contribution in [0.25, 0.3) is 0 Å². The van der Waals surface area contributed by atoms with Gasteiger partial charge in [0.2, 0.25) is 0 Å². The first kappa shape index (κ1) is 33.5. The van der Waals surface area contributed by atoms with Crippen LogP contribution in [0.4, 0.5) is 25.4 Å². The number of nitrogens with two attached hydrogens (primary N) is 1. The van der Waals surface area contributed by atoms with Crippen molar-refractivity contribution in [3.8, 4) is 0 Å². The van der Waals surface area contributed by atoms with E-state index in [1.165, 1.54) is 6.21 Å². The molecule has 2 aromatic rings. The predicted octanol–water partition coefficient (Wildman–Crippen LogP) is 5.31. The van der Waals surface area contributed by atoms with Crippen molar-refractivity contribution < 1.29 is 33.1 Å². The molecule has 4 rings (SSSR count). The summed E-state index contributed by atoms with van der Waals surface area (Å²) >= 11 is 0. The molecule has 1 aliphatic carbocycles. The molecule has 1 aliphatic heterocycles. The third-order valence-corrected chi connectivity index (χ3v) is 6.81. The lowest BCUT2D eigenvalue weighted by atomic mass is 10.0. The normalized spacial score (nSPS) is 16.8. The summed E-state index contributed by atoms with van der Waals surface area (Å²) in [5, 5.41) is 10.6. The molecular formula is C32H43FN6O6. The predicted molar refractivity (Wildman–Crippen MR) is 168 cm³/mol. The first-order valence-electron chi connectivity index (χ1n) is 15.0. The molecule has 2 aliphatic rings. The van der Waals surface area contributed by atoms with Crippen LogP contribution in [0, 0.1) is 5.82 Å². The zero-order valence-corrected chi connectivity index (χ0v) is 26.7. The van der Waals surface area contributed by atoms with Crippen molar-refractivity contribution in [1.82, 2.24) is 10.3 Å². The number of hydrogen-bond donors (Lipinski definition) is 3. The Balaban J connectivity index is 1.70. The summed E-state index contributed by atoms with van der Waals surface area (Å²) in [6.07, 6.45) is 1.92. The minimum atomic E-state index is -1.08. The lowest BCUT2D eigenvalue weighted by Crippen LogP contribution is -2.45. The lowest BCUT2D eigenvalue weighted by molar-refractivity contribution is 0.0238. The fraction of sp³-hybridized carbons (Fsp3) is 0.500. The number of amides is 3. The number of halogens is 1. The van der Waals surface area contributed by atoms with E-state index in [-0.39, 0.29) is 47.7 Å². The third-order valence-electron chi connectivity index (χ3n) is 6.81. The molecule has 1 saturated carbocycles. The maximum Gasteiger partial charge on any atom is 0.432 e. The molecule has 1 unspecified atom stereocenters. The van der Waals surface area contributed by atoms with Crippen molar-refractivity contribution >= 4 is 35.7 Å². The monoisotopic (exact) mass is 626 g/mol. The van der Waals surface area contributed by atoms with Gasteiger partial charge in [0.15, 0.2) is 0 Å². The van der Waals surface area contributed by atoms with Gasteiger partial charge in [-0.25, -0.2) is 19.8 Å². The van der Waals surface area contributed by atoms with Gasteiger partial charge in [-0.05, 0) is 72.4 Å². The van der Waals surface area contributed by atoms with Gasteiger partial charge in [0.05, 0.1) is 29.2 Å². The largest absolute Gasteiger partial charge is 0.444 e. The van der Waals surface area contributed by atoms with Crippen molar-refractivity contribution in [3.63, 3.8) is 0 Å². The number of imide groups is 1. The van der Waals surface area contributed by atoms with Crippen LogP contribution in [0.1, 0.15) is 82.3 Å². The average molecular weight is 627 g/mol. The molecule has 0 bridgehead atoms. The Hall–Kier alpha value is -4.39. The van der Waals surface area contributed by atoms with Crippen LogP contribution in [-0.4, -0.2) is 65.7 Å². The average Bonchev–Trinajstić information content (AvgIpc) is 3.65. The van der Waals surface area contributed by atoms with E-state index in [1.54, 1.807) is 46.4 Å².